The van der Waals surface area contributed by atoms with Crippen LogP contribution < -0.4 is 5.32 Å². The van der Waals surface area contributed by atoms with E-state index in [2.05, 4.69) is 24.9 Å². The fourth-order valence-electron chi connectivity index (χ4n) is 2.74. The van der Waals surface area contributed by atoms with E-state index in [4.69, 9.17) is 12.2 Å². The van der Waals surface area contributed by atoms with Gasteiger partial charge in [-0.1, -0.05) is 89.8 Å². The van der Waals surface area contributed by atoms with Gasteiger partial charge in [-0.3, -0.25) is 0 Å². The van der Waals surface area contributed by atoms with Crippen molar-refractivity contribution in [2.45, 2.75) is 103 Å². The molecule has 0 fully saturated rings. The maximum Gasteiger partial charge on any atom is 0.0448 e. The molecule has 0 radical (unpaired) electrons. The zero-order valence-corrected chi connectivity index (χ0v) is 16.6. The molecule has 1 N–H and O–H groups in total. The maximum absolute atomic E-state index is 4.97. The van der Waals surface area contributed by atoms with Gasteiger partial charge in [-0.05, 0) is 38.8 Å². The molecule has 0 saturated carbocycles. The zero-order valence-electron chi connectivity index (χ0n) is 14.9. The first kappa shape index (κ1) is 22.4. The highest BCUT2D eigenvalue weighted by Gasteiger charge is 1.95. The van der Waals surface area contributed by atoms with Gasteiger partial charge in [0.05, 0.1) is 0 Å². The lowest BCUT2D eigenvalue weighted by Crippen LogP contribution is -2.16. The van der Waals surface area contributed by atoms with E-state index in [0.29, 0.717) is 0 Å². The third-order valence-electron chi connectivity index (χ3n) is 4.20. The Kier molecular flexibility index (Phi) is 19.8. The summed E-state index contributed by atoms with van der Waals surface area (Å²) in [5, 5.41) is 3.57. The first-order valence-corrected chi connectivity index (χ1v) is 10.6. The number of hydrogen-bond donors (Lipinski definition) is 2. The minimum atomic E-state index is 0.871. The van der Waals surface area contributed by atoms with Crippen LogP contribution in [-0.4, -0.2) is 17.3 Å². The van der Waals surface area contributed by atoms with Crippen molar-refractivity contribution in [3.63, 3.8) is 0 Å². The maximum atomic E-state index is 4.97. The molecule has 0 aromatic carbocycles. The van der Waals surface area contributed by atoms with Crippen molar-refractivity contribution in [3.05, 3.63) is 0 Å². The minimum absolute atomic E-state index is 0.871. The molecule has 0 aliphatic heterocycles. The summed E-state index contributed by atoms with van der Waals surface area (Å²) in [6.45, 7) is 4.71. The molecule has 0 aromatic rings. The summed E-state index contributed by atoms with van der Waals surface area (Å²) in [5.41, 5.74) is 0. The Morgan fingerprint density at radius 1 is 0.682 bits per heavy atom. The number of rotatable bonds is 18. The molecule has 0 aliphatic rings. The third kappa shape index (κ3) is 20.4. The second-order valence-corrected chi connectivity index (χ2v) is 7.83. The van der Waals surface area contributed by atoms with Gasteiger partial charge in [0.1, 0.15) is 0 Å². The van der Waals surface area contributed by atoms with Gasteiger partial charge in [0.25, 0.3) is 0 Å². The molecular weight excluding hydrogens is 306 g/mol. The van der Waals surface area contributed by atoms with E-state index in [1.165, 1.54) is 103 Å². The highest BCUT2D eigenvalue weighted by atomic mass is 32.1. The Hall–Kier alpha value is 0.400. The second kappa shape index (κ2) is 19.4. The Labute approximate surface area is 150 Å². The minimum Gasteiger partial charge on any atom is -0.317 e. The molecular formula is C19H39NS2. The molecule has 0 atom stereocenters. The predicted octanol–water partition coefficient (Wildman–Crippen LogP) is 6.70. The lowest BCUT2D eigenvalue weighted by molar-refractivity contribution is 0.534. The number of thiocarbonyl (C=S) groups is 1. The van der Waals surface area contributed by atoms with Crippen LogP contribution in [0.2, 0.25) is 0 Å². The molecule has 0 rings (SSSR count). The van der Waals surface area contributed by atoms with E-state index < -0.39 is 0 Å². The van der Waals surface area contributed by atoms with E-state index in [1.807, 2.05) is 0 Å². The van der Waals surface area contributed by atoms with Crippen LogP contribution in [0.3, 0.4) is 0 Å². The summed E-state index contributed by atoms with van der Waals surface area (Å²) in [7, 11) is 0. The SMILES string of the molecule is CCCCCCNCCCCCCCCCCCCC(=S)S. The monoisotopic (exact) mass is 345 g/mol. The summed E-state index contributed by atoms with van der Waals surface area (Å²) < 4.78 is 0.871. The van der Waals surface area contributed by atoms with E-state index in [1.54, 1.807) is 0 Å². The Morgan fingerprint density at radius 2 is 1.09 bits per heavy atom. The molecule has 3 heteroatoms. The first-order chi connectivity index (χ1) is 10.8. The average molecular weight is 346 g/mol. The molecule has 132 valence electrons. The van der Waals surface area contributed by atoms with Gasteiger partial charge in [-0.15, -0.1) is 12.6 Å². The summed E-state index contributed by atoms with van der Waals surface area (Å²) in [4.78, 5) is 0. The molecule has 1 nitrogen and oxygen atoms in total. The van der Waals surface area contributed by atoms with Crippen molar-refractivity contribution in [2.24, 2.45) is 0 Å². The highest BCUT2D eigenvalue weighted by Crippen LogP contribution is 2.12. The van der Waals surface area contributed by atoms with Gasteiger partial charge in [0.2, 0.25) is 0 Å². The van der Waals surface area contributed by atoms with Crippen LogP contribution in [-0.2, 0) is 0 Å². The van der Waals surface area contributed by atoms with Crippen molar-refractivity contribution in [3.8, 4) is 0 Å². The molecule has 0 saturated heterocycles. The predicted molar refractivity (Wildman–Crippen MR) is 109 cm³/mol. The topological polar surface area (TPSA) is 12.0 Å². The van der Waals surface area contributed by atoms with Crippen LogP contribution >= 0.6 is 24.8 Å². The standard InChI is InChI=1S/C19H39NS2/c1-2-3-4-14-17-20-18-15-12-10-8-6-5-7-9-11-13-16-19(21)22/h20H,2-18H2,1H3,(H,21,22). The molecule has 0 spiro atoms. The Morgan fingerprint density at radius 3 is 1.55 bits per heavy atom. The second-order valence-electron chi connectivity index (χ2n) is 6.49. The average Bonchev–Trinajstić information content (AvgIpc) is 2.50. The Balaban J connectivity index is 2.95. The van der Waals surface area contributed by atoms with Gasteiger partial charge in [0.15, 0.2) is 0 Å². The van der Waals surface area contributed by atoms with Crippen molar-refractivity contribution in [2.75, 3.05) is 13.1 Å². The molecule has 0 aliphatic carbocycles. The van der Waals surface area contributed by atoms with Crippen LogP contribution in [0.1, 0.15) is 103 Å². The number of nitrogens with one attached hydrogen (secondary N) is 1. The number of unbranched alkanes of at least 4 members (excludes halogenated alkanes) is 12. The highest BCUT2D eigenvalue weighted by molar-refractivity contribution is 8.11. The lowest BCUT2D eigenvalue weighted by Gasteiger charge is -2.05. The third-order valence-corrected chi connectivity index (χ3v) is 4.63. The molecule has 0 amide bonds. The molecule has 0 heterocycles. The van der Waals surface area contributed by atoms with Crippen LogP contribution in [0.5, 0.6) is 0 Å². The van der Waals surface area contributed by atoms with E-state index in [9.17, 15) is 0 Å². The Bertz CT molecular complexity index is 231. The van der Waals surface area contributed by atoms with E-state index in [-0.39, 0.29) is 0 Å². The number of thiol groups is 1. The normalized spacial score (nSPS) is 11.0. The van der Waals surface area contributed by atoms with Gasteiger partial charge in [-0.25, -0.2) is 0 Å². The number of hydrogen-bond acceptors (Lipinski definition) is 2. The summed E-state index contributed by atoms with van der Waals surface area (Å²) >= 11 is 9.12. The van der Waals surface area contributed by atoms with Crippen LogP contribution in [0.25, 0.3) is 0 Å². The summed E-state index contributed by atoms with van der Waals surface area (Å²) in [6, 6.07) is 0. The van der Waals surface area contributed by atoms with Crippen LogP contribution in [0.4, 0.5) is 0 Å². The van der Waals surface area contributed by atoms with Crippen LogP contribution in [0.15, 0.2) is 0 Å². The lowest BCUT2D eigenvalue weighted by atomic mass is 10.1. The summed E-state index contributed by atoms with van der Waals surface area (Å²) in [6.07, 6.45) is 20.3. The molecule has 0 unspecified atom stereocenters. The van der Waals surface area contributed by atoms with Gasteiger partial charge < -0.3 is 5.32 Å². The molecule has 0 aromatic heterocycles. The largest absolute Gasteiger partial charge is 0.317 e. The van der Waals surface area contributed by atoms with Crippen molar-refractivity contribution in [1.29, 1.82) is 0 Å². The van der Waals surface area contributed by atoms with E-state index >= 15 is 0 Å². The quantitative estimate of drug-likeness (QED) is 0.163. The first-order valence-electron chi connectivity index (χ1n) is 9.70. The van der Waals surface area contributed by atoms with E-state index in [0.717, 1.165) is 10.6 Å². The van der Waals surface area contributed by atoms with Gasteiger partial charge in [-0.2, -0.15) is 0 Å². The molecule has 0 bridgehead atoms. The van der Waals surface area contributed by atoms with Crippen LogP contribution in [0, 0.1) is 0 Å². The fraction of sp³-hybridized carbons (Fsp3) is 0.947. The van der Waals surface area contributed by atoms with Crippen molar-refractivity contribution >= 4 is 29.0 Å². The summed E-state index contributed by atoms with van der Waals surface area (Å²) in [5.74, 6) is 0. The van der Waals surface area contributed by atoms with Crippen molar-refractivity contribution in [1.82, 2.24) is 5.32 Å². The van der Waals surface area contributed by atoms with Gasteiger partial charge in [0, 0.05) is 4.20 Å². The fourth-order valence-corrected chi connectivity index (χ4v) is 3.04. The smallest absolute Gasteiger partial charge is 0.0448 e. The molecule has 22 heavy (non-hydrogen) atoms. The zero-order chi connectivity index (χ0) is 16.3. The van der Waals surface area contributed by atoms with Gasteiger partial charge >= 0.3 is 0 Å². The van der Waals surface area contributed by atoms with Crippen molar-refractivity contribution < 1.29 is 0 Å².